The number of halogens is 2. The molecule has 0 spiro atoms. The van der Waals surface area contributed by atoms with Gasteiger partial charge in [-0.05, 0) is 30.0 Å². The van der Waals surface area contributed by atoms with Gasteiger partial charge in [0.1, 0.15) is 11.9 Å². The third-order valence-electron chi connectivity index (χ3n) is 4.18. The number of carbonyl (C=O) groups excluding carboxylic acids is 1. The number of alkyl halides is 2. The molecule has 4 atom stereocenters. The summed E-state index contributed by atoms with van der Waals surface area (Å²) in [6.07, 6.45) is -5.27. The summed E-state index contributed by atoms with van der Waals surface area (Å²) in [5, 5.41) is 12.1. The van der Waals surface area contributed by atoms with Crippen molar-refractivity contribution in [3.05, 3.63) is 58.6 Å². The molecule has 2 aromatic rings. The van der Waals surface area contributed by atoms with E-state index in [1.807, 2.05) is 0 Å². The molecule has 0 radical (unpaired) electrons. The summed E-state index contributed by atoms with van der Waals surface area (Å²) >= 11 is 4.82. The first-order valence-electron chi connectivity index (χ1n) is 8.42. The number of aliphatic hydroxyl groups is 1. The number of hydrogen-bond donors (Lipinski definition) is 4. The van der Waals surface area contributed by atoms with Crippen molar-refractivity contribution in [2.24, 2.45) is 0 Å². The largest absolute Gasteiger partial charge is 0.384 e. The fourth-order valence-electron chi connectivity index (χ4n) is 2.70. The maximum absolute atomic E-state index is 14.5. The van der Waals surface area contributed by atoms with Gasteiger partial charge in [0.2, 0.25) is 6.23 Å². The Bertz CT molecular complexity index is 1040. The van der Waals surface area contributed by atoms with Gasteiger partial charge in [-0.2, -0.15) is 13.8 Å². The van der Waals surface area contributed by atoms with Crippen molar-refractivity contribution < 1.29 is 32.8 Å². The van der Waals surface area contributed by atoms with Crippen molar-refractivity contribution in [2.75, 3.05) is 12.3 Å². The first-order chi connectivity index (χ1) is 14.0. The third kappa shape index (κ3) is 4.72. The van der Waals surface area contributed by atoms with Gasteiger partial charge >= 0.3 is 11.6 Å². The van der Waals surface area contributed by atoms with Crippen molar-refractivity contribution >= 4 is 30.2 Å². The van der Waals surface area contributed by atoms with E-state index >= 15 is 0 Å². The van der Waals surface area contributed by atoms with Crippen LogP contribution < -0.4 is 16.5 Å². The van der Waals surface area contributed by atoms with Crippen molar-refractivity contribution in [3.63, 3.8) is 0 Å². The predicted molar refractivity (Wildman–Crippen MR) is 104 cm³/mol. The average molecular weight is 462 g/mol. The number of amides is 1. The van der Waals surface area contributed by atoms with Crippen LogP contribution in [-0.4, -0.2) is 50.2 Å². The molecular weight excluding hydrogens is 445 g/mol. The number of nitrogens with two attached hydrogens (primary N) is 1. The highest BCUT2D eigenvalue weighted by atomic mass is 32.5. The van der Waals surface area contributed by atoms with Gasteiger partial charge in [-0.3, -0.25) is 14.4 Å². The fourth-order valence-corrected chi connectivity index (χ4v) is 3.93. The molecule has 30 heavy (non-hydrogen) atoms. The summed E-state index contributed by atoms with van der Waals surface area (Å²) in [6, 6.07) is 8.92. The zero-order valence-electron chi connectivity index (χ0n) is 15.1. The van der Waals surface area contributed by atoms with Crippen LogP contribution in [0.1, 0.15) is 16.6 Å². The minimum atomic E-state index is -3.94. The highest BCUT2D eigenvalue weighted by Crippen LogP contribution is 2.44. The highest BCUT2D eigenvalue weighted by molar-refractivity contribution is 8.08. The van der Waals surface area contributed by atoms with E-state index < -0.39 is 49.2 Å². The van der Waals surface area contributed by atoms with Crippen LogP contribution >= 0.6 is 6.64 Å². The number of anilines is 1. The topological polar surface area (TPSA) is 149 Å². The smallest absolute Gasteiger partial charge is 0.351 e. The zero-order valence-corrected chi connectivity index (χ0v) is 16.8. The zero-order chi connectivity index (χ0) is 22.1. The van der Waals surface area contributed by atoms with Crippen LogP contribution in [0.3, 0.4) is 0 Å². The molecule has 3 rings (SSSR count). The molecule has 1 aliphatic heterocycles. The monoisotopic (exact) mass is 462 g/mol. The van der Waals surface area contributed by atoms with Crippen molar-refractivity contribution in [2.45, 2.75) is 24.4 Å². The maximum atomic E-state index is 14.5. The van der Waals surface area contributed by atoms with E-state index in [1.54, 1.807) is 18.2 Å². The SMILES string of the molecule is Nc1ccn([C@@H]2O[C@H](COP(O)(=S)NC(=O)c3ccccc3)[C@@H](O)C2(F)F)c(=O)n1. The number of nitrogen functional groups attached to an aromatic ring is 1. The number of aromatic nitrogens is 2. The quantitative estimate of drug-likeness (QED) is 0.447. The first-order valence-corrected chi connectivity index (χ1v) is 11.1. The Balaban J connectivity index is 1.68. The fraction of sp³-hybridized carbons (Fsp3) is 0.312. The van der Waals surface area contributed by atoms with Gasteiger partial charge in [-0.15, -0.1) is 0 Å². The van der Waals surface area contributed by atoms with Gasteiger partial charge in [0, 0.05) is 11.8 Å². The minimum absolute atomic E-state index is 0.173. The number of nitrogens with zero attached hydrogens (tertiary/aromatic N) is 2. The molecule has 5 N–H and O–H groups in total. The summed E-state index contributed by atoms with van der Waals surface area (Å²) < 4.78 is 39.5. The molecule has 2 heterocycles. The van der Waals surface area contributed by atoms with Crippen molar-refractivity contribution in [1.82, 2.24) is 14.6 Å². The van der Waals surface area contributed by atoms with Crippen LogP contribution in [0.4, 0.5) is 14.6 Å². The molecule has 1 aromatic carbocycles. The summed E-state index contributed by atoms with van der Waals surface area (Å²) in [6.45, 7) is -4.71. The van der Waals surface area contributed by atoms with Gasteiger partial charge < -0.3 is 25.0 Å². The molecule has 1 saturated heterocycles. The number of carbonyl (C=O) groups is 1. The van der Waals surface area contributed by atoms with E-state index in [0.29, 0.717) is 4.57 Å². The number of hydrogen-bond acceptors (Lipinski definition) is 8. The van der Waals surface area contributed by atoms with Gasteiger partial charge in [-0.1, -0.05) is 18.2 Å². The van der Waals surface area contributed by atoms with E-state index in [2.05, 4.69) is 10.1 Å². The Morgan fingerprint density at radius 2 is 2.07 bits per heavy atom. The Morgan fingerprint density at radius 1 is 1.40 bits per heavy atom. The summed E-state index contributed by atoms with van der Waals surface area (Å²) in [5.41, 5.74) is 4.43. The van der Waals surface area contributed by atoms with Crippen LogP contribution in [0, 0.1) is 0 Å². The summed E-state index contributed by atoms with van der Waals surface area (Å²) in [4.78, 5) is 37.4. The Labute approximate surface area is 173 Å². The molecule has 1 unspecified atom stereocenters. The van der Waals surface area contributed by atoms with Crippen molar-refractivity contribution in [3.8, 4) is 0 Å². The Kier molecular flexibility index (Phi) is 6.32. The molecule has 1 fully saturated rings. The Morgan fingerprint density at radius 3 is 2.70 bits per heavy atom. The molecule has 14 heteroatoms. The molecule has 162 valence electrons. The highest BCUT2D eigenvalue weighted by Gasteiger charge is 2.60. The van der Waals surface area contributed by atoms with E-state index in [-0.39, 0.29) is 11.4 Å². The van der Waals surface area contributed by atoms with Crippen LogP contribution in [0.25, 0.3) is 0 Å². The van der Waals surface area contributed by atoms with Crippen molar-refractivity contribution in [1.29, 1.82) is 0 Å². The molecule has 0 aliphatic carbocycles. The van der Waals surface area contributed by atoms with Crippen LogP contribution in [0.15, 0.2) is 47.4 Å². The number of rotatable bonds is 6. The van der Waals surface area contributed by atoms with Crippen LogP contribution in [0.2, 0.25) is 0 Å². The molecule has 1 aromatic heterocycles. The molecular formula is C16H17F2N4O6PS. The predicted octanol–water partition coefficient (Wildman–Crippen LogP) is 0.382. The number of aliphatic hydroxyl groups excluding tert-OH is 1. The minimum Gasteiger partial charge on any atom is -0.384 e. The van der Waals surface area contributed by atoms with Gasteiger partial charge in [0.05, 0.1) is 6.61 Å². The number of ether oxygens (including phenoxy) is 1. The lowest BCUT2D eigenvalue weighted by molar-refractivity contribution is -0.140. The van der Waals surface area contributed by atoms with Gasteiger partial charge in [0.15, 0.2) is 6.10 Å². The van der Waals surface area contributed by atoms with E-state index in [4.69, 9.17) is 26.8 Å². The molecule has 0 saturated carbocycles. The lowest BCUT2D eigenvalue weighted by Gasteiger charge is -2.21. The van der Waals surface area contributed by atoms with Gasteiger partial charge in [-0.25, -0.2) is 4.79 Å². The summed E-state index contributed by atoms with van der Waals surface area (Å²) in [7, 11) is 0. The molecule has 10 nitrogen and oxygen atoms in total. The summed E-state index contributed by atoms with van der Waals surface area (Å²) in [5.74, 6) is -4.79. The molecule has 0 bridgehead atoms. The Hall–Kier alpha value is -2.28. The van der Waals surface area contributed by atoms with Crippen LogP contribution in [0.5, 0.6) is 0 Å². The maximum Gasteiger partial charge on any atom is 0.351 e. The first kappa shape index (κ1) is 22.4. The second-order valence-corrected chi connectivity index (χ2v) is 9.32. The second kappa shape index (κ2) is 8.46. The second-order valence-electron chi connectivity index (χ2n) is 6.31. The van der Waals surface area contributed by atoms with E-state index in [0.717, 1.165) is 12.3 Å². The van der Waals surface area contributed by atoms with E-state index in [9.17, 15) is 28.4 Å². The normalized spacial score (nSPS) is 24.9. The lowest BCUT2D eigenvalue weighted by Crippen LogP contribution is -2.42. The van der Waals surface area contributed by atoms with Gasteiger partial charge in [0.25, 0.3) is 12.5 Å². The molecule has 1 aliphatic rings. The average Bonchev–Trinajstić information content (AvgIpc) is 2.90. The third-order valence-corrected chi connectivity index (χ3v) is 5.75. The standard InChI is InChI=1S/C16H17F2N4O6PS/c17-16(18)12(23)10(28-14(16)22-7-6-11(19)20-15(22)25)8-27-29(26,30)21-13(24)9-4-2-1-3-5-9/h1-7,10,12,14,23H,8H2,(H2,19,20,25)(H2,21,24,26,30)/t10-,12-,14-,29?/m1/s1. The number of benzene rings is 1. The lowest BCUT2D eigenvalue weighted by atomic mass is 10.1. The van der Waals surface area contributed by atoms with E-state index in [1.165, 1.54) is 12.1 Å². The number of nitrogens with one attached hydrogen (secondary N) is 1. The van der Waals surface area contributed by atoms with Crippen LogP contribution in [-0.2, 0) is 21.1 Å². The molecule has 1 amide bonds.